The Labute approximate surface area is 186 Å². The summed E-state index contributed by atoms with van der Waals surface area (Å²) in [4.78, 5) is 24.8. The van der Waals surface area contributed by atoms with Crippen LogP contribution in [0.25, 0.3) is 16.8 Å². The summed E-state index contributed by atoms with van der Waals surface area (Å²) in [7, 11) is 4.53. The smallest absolute Gasteiger partial charge is 0.331 e. The van der Waals surface area contributed by atoms with Gasteiger partial charge in [-0.2, -0.15) is 0 Å². The molecule has 1 amide bonds. The third kappa shape index (κ3) is 5.18. The minimum atomic E-state index is -0.981. The van der Waals surface area contributed by atoms with E-state index in [1.54, 1.807) is 24.3 Å². The first-order valence-electron chi connectivity index (χ1n) is 9.94. The van der Waals surface area contributed by atoms with E-state index in [1.165, 1.54) is 34.3 Å². The van der Waals surface area contributed by atoms with E-state index in [9.17, 15) is 9.59 Å². The minimum absolute atomic E-state index is 0.420. The van der Waals surface area contributed by atoms with Gasteiger partial charge in [0.2, 0.25) is 5.75 Å². The van der Waals surface area contributed by atoms with Crippen LogP contribution in [0.2, 0.25) is 0 Å². The molecular formula is C25H25NO6. The molecule has 0 aliphatic heterocycles. The fourth-order valence-corrected chi connectivity index (χ4v) is 3.20. The lowest BCUT2D eigenvalue weighted by Gasteiger charge is -2.14. The summed E-state index contributed by atoms with van der Waals surface area (Å²) < 4.78 is 21.1. The van der Waals surface area contributed by atoms with E-state index in [1.807, 2.05) is 36.4 Å². The number of hydrogen-bond acceptors (Lipinski definition) is 6. The van der Waals surface area contributed by atoms with Crippen LogP contribution < -0.4 is 19.5 Å². The average molecular weight is 435 g/mol. The number of fused-ring (bicyclic) bond motifs is 1. The average Bonchev–Trinajstić information content (AvgIpc) is 2.82. The normalized spacial score (nSPS) is 11.8. The van der Waals surface area contributed by atoms with Crippen LogP contribution in [0.3, 0.4) is 0 Å². The number of esters is 1. The molecule has 0 fully saturated rings. The Hall–Kier alpha value is -4.00. The molecule has 0 saturated carbocycles. The molecule has 7 heteroatoms. The first kappa shape index (κ1) is 22.7. The van der Waals surface area contributed by atoms with Gasteiger partial charge in [0.25, 0.3) is 5.91 Å². The predicted molar refractivity (Wildman–Crippen MR) is 123 cm³/mol. The lowest BCUT2D eigenvalue weighted by molar-refractivity contribution is -0.148. The molecule has 0 saturated heterocycles. The molecule has 1 unspecified atom stereocenters. The maximum Gasteiger partial charge on any atom is 0.331 e. The Bertz CT molecular complexity index is 1120. The van der Waals surface area contributed by atoms with Crippen LogP contribution in [0, 0.1) is 0 Å². The maximum atomic E-state index is 12.5. The lowest BCUT2D eigenvalue weighted by atomic mass is 10.1. The molecule has 1 N–H and O–H groups in total. The zero-order chi connectivity index (χ0) is 23.1. The van der Waals surface area contributed by atoms with Crippen molar-refractivity contribution in [2.45, 2.75) is 13.0 Å². The van der Waals surface area contributed by atoms with Gasteiger partial charge in [0.05, 0.1) is 21.3 Å². The molecule has 32 heavy (non-hydrogen) atoms. The minimum Gasteiger partial charge on any atom is -0.493 e. The Morgan fingerprint density at radius 1 is 0.906 bits per heavy atom. The largest absolute Gasteiger partial charge is 0.493 e. The summed E-state index contributed by atoms with van der Waals surface area (Å²) in [5, 5.41) is 4.73. The number of amides is 1. The molecular weight excluding hydrogens is 410 g/mol. The maximum absolute atomic E-state index is 12.5. The second-order valence-corrected chi connectivity index (χ2v) is 6.89. The van der Waals surface area contributed by atoms with Gasteiger partial charge in [-0.05, 0) is 42.1 Å². The van der Waals surface area contributed by atoms with Crippen LogP contribution in [0.15, 0.2) is 60.7 Å². The second kappa shape index (κ2) is 10.3. The van der Waals surface area contributed by atoms with Gasteiger partial charge in [0.1, 0.15) is 0 Å². The molecule has 3 aromatic rings. The van der Waals surface area contributed by atoms with Crippen LogP contribution >= 0.6 is 0 Å². The highest BCUT2D eigenvalue weighted by Gasteiger charge is 2.18. The van der Waals surface area contributed by atoms with Crippen molar-refractivity contribution in [3.05, 3.63) is 66.2 Å². The van der Waals surface area contributed by atoms with Crippen LogP contribution in [0.4, 0.5) is 5.69 Å². The molecule has 7 nitrogen and oxygen atoms in total. The standard InChI is InChI=1S/C25H25NO6/c1-16(25(28)26-20-11-7-9-18-8-5-6-10-19(18)20)32-23(27)13-12-17-14-21(29-2)24(31-4)22(15-17)30-3/h5-16H,1-4H3,(H,26,28)/b13-12+. The van der Waals surface area contributed by atoms with Gasteiger partial charge in [-0.3, -0.25) is 4.79 Å². The van der Waals surface area contributed by atoms with Crippen molar-refractivity contribution in [1.82, 2.24) is 0 Å². The van der Waals surface area contributed by atoms with Gasteiger partial charge >= 0.3 is 5.97 Å². The number of nitrogens with one attached hydrogen (secondary N) is 1. The Morgan fingerprint density at radius 3 is 2.22 bits per heavy atom. The summed E-state index contributed by atoms with van der Waals surface area (Å²) in [6, 6.07) is 16.7. The Morgan fingerprint density at radius 2 is 1.56 bits per heavy atom. The van der Waals surface area contributed by atoms with Crippen LogP contribution in [-0.4, -0.2) is 39.3 Å². The third-order valence-corrected chi connectivity index (χ3v) is 4.81. The van der Waals surface area contributed by atoms with Crippen molar-refractivity contribution in [2.75, 3.05) is 26.6 Å². The van der Waals surface area contributed by atoms with Crippen molar-refractivity contribution in [1.29, 1.82) is 0 Å². The van der Waals surface area contributed by atoms with Crippen LogP contribution in [0.1, 0.15) is 12.5 Å². The van der Waals surface area contributed by atoms with E-state index in [4.69, 9.17) is 18.9 Å². The van der Waals surface area contributed by atoms with Gasteiger partial charge in [0.15, 0.2) is 17.6 Å². The molecule has 3 aromatic carbocycles. The Kier molecular flexibility index (Phi) is 7.33. The molecule has 166 valence electrons. The summed E-state index contributed by atoms with van der Waals surface area (Å²) >= 11 is 0. The van der Waals surface area contributed by atoms with E-state index < -0.39 is 18.0 Å². The van der Waals surface area contributed by atoms with E-state index in [2.05, 4.69) is 5.32 Å². The van der Waals surface area contributed by atoms with E-state index >= 15 is 0 Å². The summed E-state index contributed by atoms with van der Waals surface area (Å²) in [5.41, 5.74) is 1.30. The highest BCUT2D eigenvalue weighted by molar-refractivity contribution is 6.04. The fraction of sp³-hybridized carbons (Fsp3) is 0.200. The molecule has 0 aliphatic rings. The number of anilines is 1. The van der Waals surface area contributed by atoms with E-state index in [-0.39, 0.29) is 0 Å². The Balaban J connectivity index is 1.66. The van der Waals surface area contributed by atoms with Crippen LogP contribution in [-0.2, 0) is 14.3 Å². The highest BCUT2D eigenvalue weighted by Crippen LogP contribution is 2.38. The molecule has 0 spiro atoms. The van der Waals surface area contributed by atoms with Crippen molar-refractivity contribution in [3.8, 4) is 17.2 Å². The zero-order valence-corrected chi connectivity index (χ0v) is 18.4. The summed E-state index contributed by atoms with van der Waals surface area (Å²) in [5.74, 6) is 0.300. The quantitative estimate of drug-likeness (QED) is 0.416. The molecule has 0 heterocycles. The van der Waals surface area contributed by atoms with Crippen molar-refractivity contribution in [2.24, 2.45) is 0 Å². The SMILES string of the molecule is COc1cc(/C=C/C(=O)OC(C)C(=O)Nc2cccc3ccccc23)cc(OC)c1OC. The van der Waals surface area contributed by atoms with Gasteiger partial charge < -0.3 is 24.3 Å². The molecule has 0 bridgehead atoms. The van der Waals surface area contributed by atoms with Gasteiger partial charge in [-0.25, -0.2) is 4.79 Å². The second-order valence-electron chi connectivity index (χ2n) is 6.89. The first-order valence-corrected chi connectivity index (χ1v) is 9.94. The summed E-state index contributed by atoms with van der Waals surface area (Å²) in [6.45, 7) is 1.52. The summed E-state index contributed by atoms with van der Waals surface area (Å²) in [6.07, 6.45) is 1.80. The molecule has 0 radical (unpaired) electrons. The lowest BCUT2D eigenvalue weighted by Crippen LogP contribution is -2.29. The predicted octanol–water partition coefficient (Wildman–Crippen LogP) is 4.45. The van der Waals surface area contributed by atoms with Gasteiger partial charge in [-0.15, -0.1) is 0 Å². The number of rotatable bonds is 8. The molecule has 0 aromatic heterocycles. The highest BCUT2D eigenvalue weighted by atomic mass is 16.5. The topological polar surface area (TPSA) is 83.1 Å². The van der Waals surface area contributed by atoms with Crippen LogP contribution in [0.5, 0.6) is 17.2 Å². The van der Waals surface area contributed by atoms with Gasteiger partial charge in [0, 0.05) is 17.1 Å². The van der Waals surface area contributed by atoms with Crippen molar-refractivity contribution >= 4 is 34.4 Å². The number of carbonyl (C=O) groups excluding carboxylic acids is 2. The number of carbonyl (C=O) groups is 2. The van der Waals surface area contributed by atoms with Crippen molar-refractivity contribution in [3.63, 3.8) is 0 Å². The van der Waals surface area contributed by atoms with E-state index in [0.717, 1.165) is 10.8 Å². The third-order valence-electron chi connectivity index (χ3n) is 4.81. The number of hydrogen-bond donors (Lipinski definition) is 1. The zero-order valence-electron chi connectivity index (χ0n) is 18.4. The number of methoxy groups -OCH3 is 3. The van der Waals surface area contributed by atoms with Gasteiger partial charge in [-0.1, -0.05) is 36.4 Å². The fourth-order valence-electron chi connectivity index (χ4n) is 3.20. The van der Waals surface area contributed by atoms with E-state index in [0.29, 0.717) is 28.5 Å². The number of ether oxygens (including phenoxy) is 4. The molecule has 3 rings (SSSR count). The molecule has 0 aliphatic carbocycles. The molecule has 1 atom stereocenters. The van der Waals surface area contributed by atoms with Crippen molar-refractivity contribution < 1.29 is 28.5 Å². The monoisotopic (exact) mass is 435 g/mol. The first-order chi connectivity index (χ1) is 15.5. The number of benzene rings is 3.